The van der Waals surface area contributed by atoms with Crippen molar-refractivity contribution in [3.63, 3.8) is 0 Å². The summed E-state index contributed by atoms with van der Waals surface area (Å²) in [6.07, 6.45) is -4.68. The highest BCUT2D eigenvalue weighted by molar-refractivity contribution is 5.95. The molecular weight excluding hydrogens is 255 g/mol. The van der Waals surface area contributed by atoms with Crippen molar-refractivity contribution >= 4 is 5.90 Å². The molecule has 0 saturated heterocycles. The zero-order valence-electron chi connectivity index (χ0n) is 9.76. The van der Waals surface area contributed by atoms with Gasteiger partial charge in [-0.2, -0.15) is 0 Å². The van der Waals surface area contributed by atoms with Crippen LogP contribution in [0.3, 0.4) is 0 Å². The van der Waals surface area contributed by atoms with E-state index < -0.39 is 12.2 Å². The molecule has 0 aromatic heterocycles. The molecule has 2 rings (SSSR count). The predicted molar refractivity (Wildman–Crippen MR) is 66.1 cm³/mol. The van der Waals surface area contributed by atoms with Crippen LogP contribution in [-0.4, -0.2) is 12.2 Å². The number of rotatable bonds is 2. The maximum atomic E-state index is 12.4. The smallest absolute Gasteiger partial charge is 0.438 e. The van der Waals surface area contributed by atoms with Crippen LogP contribution in [0, 0.1) is 0 Å². The second-order valence-electron chi connectivity index (χ2n) is 3.67. The second kappa shape index (κ2) is 5.56. The first-order chi connectivity index (χ1) is 9.04. The van der Waals surface area contributed by atoms with Crippen LogP contribution in [0.2, 0.25) is 0 Å². The molecule has 0 aliphatic rings. The lowest BCUT2D eigenvalue weighted by atomic mass is 10.2. The first-order valence-electron chi connectivity index (χ1n) is 5.49. The Bertz CT molecular complexity index is 550. The van der Waals surface area contributed by atoms with E-state index in [0.717, 1.165) is 0 Å². The van der Waals surface area contributed by atoms with Gasteiger partial charge in [0.25, 0.3) is 0 Å². The maximum Gasteiger partial charge on any atom is 0.506 e. The lowest BCUT2D eigenvalue weighted by molar-refractivity contribution is -0.120. The fourth-order valence-corrected chi connectivity index (χ4v) is 1.44. The van der Waals surface area contributed by atoms with Gasteiger partial charge >= 0.3 is 6.30 Å². The molecule has 0 atom stereocenters. The van der Waals surface area contributed by atoms with E-state index in [1.165, 1.54) is 12.1 Å². The van der Waals surface area contributed by atoms with Crippen molar-refractivity contribution < 1.29 is 17.9 Å². The number of alkyl halides is 3. The Morgan fingerprint density at radius 3 is 1.89 bits per heavy atom. The van der Waals surface area contributed by atoms with Gasteiger partial charge in [0, 0.05) is 5.56 Å². The molecule has 2 nitrogen and oxygen atoms in total. The molecule has 0 unspecified atom stereocenters. The van der Waals surface area contributed by atoms with Gasteiger partial charge in [0.15, 0.2) is 0 Å². The van der Waals surface area contributed by atoms with E-state index in [4.69, 9.17) is 4.74 Å². The zero-order chi connectivity index (χ0) is 13.7. The number of halogens is 3. The number of para-hydroxylation sites is 1. The van der Waals surface area contributed by atoms with Crippen LogP contribution in [0.1, 0.15) is 5.56 Å². The lowest BCUT2D eigenvalue weighted by Crippen LogP contribution is -2.16. The summed E-state index contributed by atoms with van der Waals surface area (Å²) >= 11 is 0. The van der Waals surface area contributed by atoms with Crippen LogP contribution >= 0.6 is 0 Å². The van der Waals surface area contributed by atoms with Crippen LogP contribution in [0.4, 0.5) is 13.2 Å². The van der Waals surface area contributed by atoms with E-state index >= 15 is 0 Å². The quantitative estimate of drug-likeness (QED) is 0.456. The summed E-state index contributed by atoms with van der Waals surface area (Å²) in [6, 6.07) is 16.2. The Labute approximate surface area is 108 Å². The van der Waals surface area contributed by atoms with Crippen LogP contribution in [0.5, 0.6) is 5.75 Å². The Morgan fingerprint density at radius 1 is 0.842 bits per heavy atom. The molecule has 19 heavy (non-hydrogen) atoms. The van der Waals surface area contributed by atoms with Crippen molar-refractivity contribution in [2.24, 2.45) is 4.99 Å². The van der Waals surface area contributed by atoms with Crippen molar-refractivity contribution in [3.05, 3.63) is 66.2 Å². The summed E-state index contributed by atoms with van der Waals surface area (Å²) in [6.45, 7) is 0. The number of hydrogen-bond donors (Lipinski definition) is 0. The largest absolute Gasteiger partial charge is 0.506 e. The number of aliphatic imine (C=N–C) groups is 1. The molecule has 0 heterocycles. The van der Waals surface area contributed by atoms with Gasteiger partial charge in [-0.3, -0.25) is 0 Å². The van der Waals surface area contributed by atoms with E-state index in [-0.39, 0.29) is 5.56 Å². The molecule has 98 valence electrons. The van der Waals surface area contributed by atoms with E-state index in [2.05, 4.69) is 4.99 Å². The third kappa shape index (κ3) is 4.13. The minimum Gasteiger partial charge on any atom is -0.438 e. The van der Waals surface area contributed by atoms with Gasteiger partial charge in [-0.25, -0.2) is 0 Å². The molecule has 0 radical (unpaired) electrons. The van der Waals surface area contributed by atoms with Crippen molar-refractivity contribution in [1.82, 2.24) is 0 Å². The Kier molecular flexibility index (Phi) is 3.85. The SMILES string of the molecule is FC(F)(F)/N=C(/Oc1ccccc1)c1ccccc1. The standard InChI is InChI=1S/C14H10F3NO/c15-14(16,17)18-13(11-7-3-1-4-8-11)19-12-9-5-2-6-10-12/h1-10H/b18-13+. The molecule has 0 aliphatic carbocycles. The second-order valence-corrected chi connectivity index (χ2v) is 3.67. The molecule has 0 bridgehead atoms. The fraction of sp³-hybridized carbons (Fsp3) is 0.0714. The first-order valence-corrected chi connectivity index (χ1v) is 5.49. The minimum atomic E-state index is -4.68. The Balaban J connectivity index is 2.34. The van der Waals surface area contributed by atoms with E-state index in [1.54, 1.807) is 48.5 Å². The number of ether oxygens (including phenoxy) is 1. The van der Waals surface area contributed by atoms with Crippen LogP contribution in [0.15, 0.2) is 65.7 Å². The van der Waals surface area contributed by atoms with Gasteiger partial charge in [0.2, 0.25) is 5.90 Å². The van der Waals surface area contributed by atoms with E-state index in [1.807, 2.05) is 0 Å². The van der Waals surface area contributed by atoms with Gasteiger partial charge in [0.05, 0.1) is 0 Å². The summed E-state index contributed by atoms with van der Waals surface area (Å²) in [7, 11) is 0. The highest BCUT2D eigenvalue weighted by Gasteiger charge is 2.28. The third-order valence-electron chi connectivity index (χ3n) is 2.21. The van der Waals surface area contributed by atoms with Gasteiger partial charge in [0.1, 0.15) is 5.75 Å². The number of benzene rings is 2. The van der Waals surface area contributed by atoms with Crippen LogP contribution in [-0.2, 0) is 0 Å². The predicted octanol–water partition coefficient (Wildman–Crippen LogP) is 4.03. The number of hydrogen-bond acceptors (Lipinski definition) is 2. The van der Waals surface area contributed by atoms with E-state index in [0.29, 0.717) is 5.75 Å². The molecular formula is C14H10F3NO. The molecule has 0 saturated carbocycles. The molecule has 0 N–H and O–H groups in total. The molecule has 5 heteroatoms. The summed E-state index contributed by atoms with van der Waals surface area (Å²) in [5.74, 6) is -0.173. The molecule has 0 spiro atoms. The van der Waals surface area contributed by atoms with Gasteiger partial charge in [-0.1, -0.05) is 36.4 Å². The summed E-state index contributed by atoms with van der Waals surface area (Å²) < 4.78 is 42.5. The Hall–Kier alpha value is -2.30. The molecule has 2 aromatic rings. The minimum absolute atomic E-state index is 0.267. The highest BCUT2D eigenvalue weighted by atomic mass is 19.4. The molecule has 0 amide bonds. The van der Waals surface area contributed by atoms with Crippen LogP contribution in [0.25, 0.3) is 0 Å². The van der Waals surface area contributed by atoms with Crippen molar-refractivity contribution in [2.75, 3.05) is 0 Å². The maximum absolute atomic E-state index is 12.4. The monoisotopic (exact) mass is 265 g/mol. The van der Waals surface area contributed by atoms with Gasteiger partial charge < -0.3 is 4.74 Å². The lowest BCUT2D eigenvalue weighted by Gasteiger charge is -2.10. The van der Waals surface area contributed by atoms with Gasteiger partial charge in [-0.05, 0) is 24.3 Å². The third-order valence-corrected chi connectivity index (χ3v) is 2.21. The number of nitrogens with zero attached hydrogens (tertiary/aromatic N) is 1. The van der Waals surface area contributed by atoms with Crippen LogP contribution < -0.4 is 4.74 Å². The summed E-state index contributed by atoms with van der Waals surface area (Å²) in [4.78, 5) is 2.67. The zero-order valence-corrected chi connectivity index (χ0v) is 9.76. The average molecular weight is 265 g/mol. The molecule has 0 aliphatic heterocycles. The van der Waals surface area contributed by atoms with E-state index in [9.17, 15) is 13.2 Å². The molecule has 2 aromatic carbocycles. The Morgan fingerprint density at radius 2 is 1.37 bits per heavy atom. The van der Waals surface area contributed by atoms with Crippen molar-refractivity contribution in [3.8, 4) is 5.75 Å². The summed E-state index contributed by atoms with van der Waals surface area (Å²) in [5.41, 5.74) is 0.267. The first kappa shape index (κ1) is 13.1. The normalized spacial score (nSPS) is 12.3. The van der Waals surface area contributed by atoms with Crippen molar-refractivity contribution in [1.29, 1.82) is 0 Å². The van der Waals surface area contributed by atoms with Crippen molar-refractivity contribution in [2.45, 2.75) is 6.30 Å². The van der Waals surface area contributed by atoms with Gasteiger partial charge in [-0.15, -0.1) is 18.2 Å². The summed E-state index contributed by atoms with van der Waals surface area (Å²) in [5, 5.41) is 0. The fourth-order valence-electron chi connectivity index (χ4n) is 1.44. The average Bonchev–Trinajstić information content (AvgIpc) is 2.39. The molecule has 0 fully saturated rings. The highest BCUT2D eigenvalue weighted by Crippen LogP contribution is 2.20. The topological polar surface area (TPSA) is 21.6 Å².